The van der Waals surface area contributed by atoms with Gasteiger partial charge in [-0.25, -0.2) is 0 Å². The molecule has 0 aromatic carbocycles. The maximum Gasteiger partial charge on any atom is 0.0701 e. The van der Waals surface area contributed by atoms with Gasteiger partial charge >= 0.3 is 0 Å². The lowest BCUT2D eigenvalue weighted by molar-refractivity contribution is 0.0541. The number of hydrogen-bond acceptors (Lipinski definition) is 4. The van der Waals surface area contributed by atoms with Gasteiger partial charge in [-0.2, -0.15) is 0 Å². The Kier molecular flexibility index (Phi) is 6.20. The third-order valence-electron chi connectivity index (χ3n) is 2.12. The van der Waals surface area contributed by atoms with Gasteiger partial charge in [0.2, 0.25) is 0 Å². The summed E-state index contributed by atoms with van der Waals surface area (Å²) in [5.74, 6) is 0. The van der Waals surface area contributed by atoms with Gasteiger partial charge in [-0.1, -0.05) is 0 Å². The molecule has 0 saturated heterocycles. The Morgan fingerprint density at radius 1 is 0.800 bits per heavy atom. The van der Waals surface area contributed by atoms with E-state index in [0.29, 0.717) is 26.4 Å². The van der Waals surface area contributed by atoms with Crippen LogP contribution in [0.4, 0.5) is 0 Å². The summed E-state index contributed by atoms with van der Waals surface area (Å²) in [6.07, 6.45) is 0.861. The molecule has 4 heteroatoms. The van der Waals surface area contributed by atoms with Gasteiger partial charge in [0.05, 0.1) is 39.5 Å². The first-order chi connectivity index (χ1) is 7.29. The van der Waals surface area contributed by atoms with Gasteiger partial charge in [0, 0.05) is 17.8 Å². The predicted molar refractivity (Wildman–Crippen MR) is 62.2 cm³/mol. The van der Waals surface area contributed by atoms with Crippen LogP contribution in [0.1, 0.15) is 20.3 Å². The number of ether oxygens (including phenoxy) is 2. The first kappa shape index (κ1) is 12.3. The molecule has 86 valence electrons. The zero-order valence-corrected chi connectivity index (χ0v) is 9.66. The molecule has 0 saturated carbocycles. The predicted octanol–water partition coefficient (Wildman–Crippen LogP) is 1.35. The van der Waals surface area contributed by atoms with Crippen molar-refractivity contribution in [1.29, 1.82) is 0 Å². The third-order valence-corrected chi connectivity index (χ3v) is 2.12. The molecular formula is C11H20N2O2. The topological polar surface area (TPSA) is 43.2 Å². The second kappa shape index (κ2) is 7.54. The van der Waals surface area contributed by atoms with Gasteiger partial charge in [-0.3, -0.25) is 9.98 Å². The number of nitrogens with zero attached hydrogens (tertiary/aromatic N) is 2. The minimum absolute atomic E-state index is 0.650. The van der Waals surface area contributed by atoms with Crippen molar-refractivity contribution in [3.05, 3.63) is 0 Å². The summed E-state index contributed by atoms with van der Waals surface area (Å²) >= 11 is 0. The van der Waals surface area contributed by atoms with Crippen LogP contribution in [-0.2, 0) is 9.47 Å². The van der Waals surface area contributed by atoms with Crippen molar-refractivity contribution in [2.45, 2.75) is 20.3 Å². The summed E-state index contributed by atoms with van der Waals surface area (Å²) in [6, 6.07) is 0. The highest BCUT2D eigenvalue weighted by Crippen LogP contribution is 1.93. The Labute approximate surface area is 91.4 Å². The molecule has 1 heterocycles. The zero-order valence-electron chi connectivity index (χ0n) is 9.66. The van der Waals surface area contributed by atoms with Gasteiger partial charge in [-0.15, -0.1) is 0 Å². The fourth-order valence-corrected chi connectivity index (χ4v) is 1.41. The van der Waals surface area contributed by atoms with E-state index < -0.39 is 0 Å². The van der Waals surface area contributed by atoms with E-state index >= 15 is 0 Å². The highest BCUT2D eigenvalue weighted by atomic mass is 16.5. The smallest absolute Gasteiger partial charge is 0.0701 e. The van der Waals surface area contributed by atoms with Crippen LogP contribution in [0.3, 0.4) is 0 Å². The van der Waals surface area contributed by atoms with E-state index in [4.69, 9.17) is 9.47 Å². The standard InChI is InChI=1S/C11H20N2O2/c1-10-9-11(2)13-4-6-15-8-7-14-5-3-12-10/h3-9H2,1-2H3. The summed E-state index contributed by atoms with van der Waals surface area (Å²) in [6.45, 7) is 8.20. The van der Waals surface area contributed by atoms with E-state index in [1.807, 2.05) is 13.8 Å². The highest BCUT2D eigenvalue weighted by molar-refractivity contribution is 6.02. The average molecular weight is 212 g/mol. The number of hydrogen-bond donors (Lipinski definition) is 0. The lowest BCUT2D eigenvalue weighted by Gasteiger charge is -2.02. The van der Waals surface area contributed by atoms with Gasteiger partial charge in [0.25, 0.3) is 0 Å². The van der Waals surface area contributed by atoms with Crippen LogP contribution in [0.5, 0.6) is 0 Å². The van der Waals surface area contributed by atoms with Crippen molar-refractivity contribution in [3.63, 3.8) is 0 Å². The normalized spacial score (nSPS) is 21.7. The van der Waals surface area contributed by atoms with Crippen LogP contribution in [0, 0.1) is 0 Å². The second-order valence-corrected chi connectivity index (χ2v) is 3.64. The maximum atomic E-state index is 5.35. The number of rotatable bonds is 0. The van der Waals surface area contributed by atoms with E-state index in [2.05, 4.69) is 9.98 Å². The zero-order chi connectivity index (χ0) is 10.9. The Hall–Kier alpha value is -0.740. The Morgan fingerprint density at radius 3 is 1.73 bits per heavy atom. The first-order valence-electron chi connectivity index (χ1n) is 5.44. The summed E-state index contributed by atoms with van der Waals surface area (Å²) in [7, 11) is 0. The average Bonchev–Trinajstić information content (AvgIpc) is 2.21. The fraction of sp³-hybridized carbons (Fsp3) is 0.818. The quantitative estimate of drug-likeness (QED) is 0.608. The number of aliphatic imine (C=N–C) groups is 2. The van der Waals surface area contributed by atoms with E-state index in [0.717, 1.165) is 30.9 Å². The minimum Gasteiger partial charge on any atom is -0.377 e. The van der Waals surface area contributed by atoms with E-state index in [1.165, 1.54) is 0 Å². The molecule has 0 aromatic heterocycles. The summed E-state index contributed by atoms with van der Waals surface area (Å²) in [5, 5.41) is 0. The molecule has 0 bridgehead atoms. The van der Waals surface area contributed by atoms with Crippen LogP contribution < -0.4 is 0 Å². The molecule has 0 aromatic rings. The van der Waals surface area contributed by atoms with E-state index in [9.17, 15) is 0 Å². The van der Waals surface area contributed by atoms with Crippen molar-refractivity contribution >= 4 is 11.4 Å². The molecule has 1 aliphatic rings. The summed E-state index contributed by atoms with van der Waals surface area (Å²) in [5.41, 5.74) is 2.25. The largest absolute Gasteiger partial charge is 0.377 e. The lowest BCUT2D eigenvalue weighted by atomic mass is 10.2. The molecule has 0 amide bonds. The van der Waals surface area contributed by atoms with E-state index in [-0.39, 0.29) is 0 Å². The van der Waals surface area contributed by atoms with Gasteiger partial charge in [0.1, 0.15) is 0 Å². The molecule has 0 radical (unpaired) electrons. The fourth-order valence-electron chi connectivity index (χ4n) is 1.41. The molecule has 0 fully saturated rings. The molecule has 0 unspecified atom stereocenters. The van der Waals surface area contributed by atoms with Crippen LogP contribution in [0.15, 0.2) is 9.98 Å². The maximum absolute atomic E-state index is 5.35. The summed E-state index contributed by atoms with van der Waals surface area (Å²) < 4.78 is 10.7. The third kappa shape index (κ3) is 6.36. The van der Waals surface area contributed by atoms with Crippen molar-refractivity contribution < 1.29 is 9.47 Å². The van der Waals surface area contributed by atoms with E-state index in [1.54, 1.807) is 0 Å². The lowest BCUT2D eigenvalue weighted by Crippen LogP contribution is -2.08. The van der Waals surface area contributed by atoms with Crippen molar-refractivity contribution in [2.24, 2.45) is 9.98 Å². The van der Waals surface area contributed by atoms with Crippen molar-refractivity contribution in [3.8, 4) is 0 Å². The van der Waals surface area contributed by atoms with Crippen LogP contribution in [-0.4, -0.2) is 50.9 Å². The van der Waals surface area contributed by atoms with Crippen LogP contribution in [0.2, 0.25) is 0 Å². The Bertz CT molecular complexity index is 213. The van der Waals surface area contributed by atoms with Crippen LogP contribution in [0.25, 0.3) is 0 Å². The highest BCUT2D eigenvalue weighted by Gasteiger charge is 1.97. The molecule has 1 aliphatic heterocycles. The van der Waals surface area contributed by atoms with Crippen molar-refractivity contribution in [2.75, 3.05) is 39.5 Å². The van der Waals surface area contributed by atoms with Gasteiger partial charge in [0.15, 0.2) is 0 Å². The summed E-state index contributed by atoms with van der Waals surface area (Å²) in [4.78, 5) is 8.82. The molecule has 4 nitrogen and oxygen atoms in total. The molecule has 0 atom stereocenters. The molecule has 15 heavy (non-hydrogen) atoms. The first-order valence-corrected chi connectivity index (χ1v) is 5.44. The Balaban J connectivity index is 2.44. The van der Waals surface area contributed by atoms with Crippen LogP contribution >= 0.6 is 0 Å². The van der Waals surface area contributed by atoms with Gasteiger partial charge < -0.3 is 9.47 Å². The second-order valence-electron chi connectivity index (χ2n) is 3.64. The Morgan fingerprint density at radius 2 is 1.27 bits per heavy atom. The van der Waals surface area contributed by atoms with Crippen molar-refractivity contribution in [1.82, 2.24) is 0 Å². The monoisotopic (exact) mass is 212 g/mol. The molecular weight excluding hydrogens is 192 g/mol. The SMILES string of the molecule is CC1=NCCOCCOCCN=C(C)C1. The minimum atomic E-state index is 0.650. The molecule has 0 spiro atoms. The molecule has 1 rings (SSSR count). The molecule has 0 N–H and O–H groups in total. The molecule has 0 aliphatic carbocycles. The van der Waals surface area contributed by atoms with Gasteiger partial charge in [-0.05, 0) is 13.8 Å².